The van der Waals surface area contributed by atoms with Crippen molar-refractivity contribution in [1.29, 1.82) is 0 Å². The van der Waals surface area contributed by atoms with E-state index in [1.165, 1.54) is 6.26 Å². The van der Waals surface area contributed by atoms with Gasteiger partial charge in [0.05, 0.1) is 12.2 Å². The van der Waals surface area contributed by atoms with Gasteiger partial charge in [-0.1, -0.05) is 22.8 Å². The third kappa shape index (κ3) is 2.34. The smallest absolute Gasteiger partial charge is 0.226 e. The maximum absolute atomic E-state index is 8.17. The van der Waals surface area contributed by atoms with E-state index in [0.717, 1.165) is 5.56 Å². The summed E-state index contributed by atoms with van der Waals surface area (Å²) in [5.41, 5.74) is 9.55. The van der Waals surface area contributed by atoms with Crippen LogP contribution in [0.4, 0.5) is 0 Å². The highest BCUT2D eigenvalue weighted by molar-refractivity contribution is 6.30. The van der Waals surface area contributed by atoms with Crippen LogP contribution in [0, 0.1) is 0 Å². The first kappa shape index (κ1) is 10.5. The summed E-state index contributed by atoms with van der Waals surface area (Å²) in [4.78, 5) is 6.82. The Labute approximate surface area is 96.3 Å². The normalized spacial score (nSPS) is 9.81. The molecule has 80 valence electrons. The van der Waals surface area contributed by atoms with Crippen LogP contribution < -0.4 is 0 Å². The van der Waals surface area contributed by atoms with Gasteiger partial charge in [-0.3, -0.25) is 0 Å². The van der Waals surface area contributed by atoms with Gasteiger partial charge in [-0.25, -0.2) is 4.98 Å². The average molecular weight is 235 g/mol. The third-order valence-electron chi connectivity index (χ3n) is 1.92. The number of hydrogen-bond donors (Lipinski definition) is 0. The molecule has 1 aromatic heterocycles. The molecule has 5 nitrogen and oxygen atoms in total. The number of nitrogens with zero attached hydrogens (tertiary/aromatic N) is 4. The molecule has 0 bridgehead atoms. The van der Waals surface area contributed by atoms with Crippen LogP contribution in [-0.2, 0) is 6.54 Å². The van der Waals surface area contributed by atoms with Crippen LogP contribution in [-0.4, -0.2) is 4.98 Å². The summed E-state index contributed by atoms with van der Waals surface area (Å²) in [6, 6.07) is 7.18. The van der Waals surface area contributed by atoms with Crippen LogP contribution in [0.25, 0.3) is 21.9 Å². The number of benzene rings is 1. The molecule has 0 spiro atoms. The van der Waals surface area contributed by atoms with Crippen molar-refractivity contribution in [3.8, 4) is 11.5 Å². The van der Waals surface area contributed by atoms with Crippen LogP contribution in [0.2, 0.25) is 5.02 Å². The summed E-state index contributed by atoms with van der Waals surface area (Å²) in [5, 5.41) is 4.02. The van der Waals surface area contributed by atoms with Gasteiger partial charge in [0.15, 0.2) is 0 Å². The van der Waals surface area contributed by atoms with Crippen LogP contribution in [0.1, 0.15) is 5.69 Å². The fourth-order valence-electron chi connectivity index (χ4n) is 1.24. The molecule has 0 amide bonds. The second-order valence-corrected chi connectivity index (χ2v) is 3.48. The Morgan fingerprint density at radius 1 is 1.50 bits per heavy atom. The SMILES string of the molecule is [N-]=[N+]=NCc1coc(-c2cccc(Cl)c2)n1. The van der Waals surface area contributed by atoms with Crippen molar-refractivity contribution in [3.63, 3.8) is 0 Å². The quantitative estimate of drug-likeness (QED) is 0.460. The minimum atomic E-state index is 0.181. The first-order valence-corrected chi connectivity index (χ1v) is 4.88. The first-order chi connectivity index (χ1) is 7.79. The minimum absolute atomic E-state index is 0.181. The van der Waals surface area contributed by atoms with Gasteiger partial charge in [0.25, 0.3) is 0 Å². The summed E-state index contributed by atoms with van der Waals surface area (Å²) < 4.78 is 5.25. The third-order valence-corrected chi connectivity index (χ3v) is 2.15. The molecular weight excluding hydrogens is 228 g/mol. The van der Waals surface area contributed by atoms with Crippen molar-refractivity contribution in [2.45, 2.75) is 6.54 Å². The van der Waals surface area contributed by atoms with E-state index in [9.17, 15) is 0 Å². The number of aromatic nitrogens is 1. The lowest BCUT2D eigenvalue weighted by molar-refractivity contribution is 0.572. The number of rotatable bonds is 3. The number of hydrogen-bond acceptors (Lipinski definition) is 3. The molecule has 0 N–H and O–H groups in total. The maximum atomic E-state index is 8.17. The Balaban J connectivity index is 2.27. The van der Waals surface area contributed by atoms with Gasteiger partial charge >= 0.3 is 0 Å². The first-order valence-electron chi connectivity index (χ1n) is 4.51. The molecule has 0 aliphatic heterocycles. The molecule has 0 unspecified atom stereocenters. The van der Waals surface area contributed by atoms with E-state index >= 15 is 0 Å². The van der Waals surface area contributed by atoms with Gasteiger partial charge in [-0.2, -0.15) is 0 Å². The lowest BCUT2D eigenvalue weighted by Crippen LogP contribution is -1.81. The number of halogens is 1. The van der Waals surface area contributed by atoms with Gasteiger partial charge < -0.3 is 4.42 Å². The van der Waals surface area contributed by atoms with Gasteiger partial charge in [0.2, 0.25) is 5.89 Å². The standard InChI is InChI=1S/C10H7ClN4O/c11-8-3-1-2-7(4-8)10-14-9(6-16-10)5-13-15-12/h1-4,6H,5H2. The van der Waals surface area contributed by atoms with Crippen molar-refractivity contribution >= 4 is 11.6 Å². The zero-order valence-corrected chi connectivity index (χ0v) is 8.92. The number of azide groups is 1. The molecular formula is C10H7ClN4O. The fraction of sp³-hybridized carbons (Fsp3) is 0.100. The van der Waals surface area contributed by atoms with Gasteiger partial charge in [0, 0.05) is 15.5 Å². The Hall–Kier alpha value is -1.97. The molecule has 0 fully saturated rings. The summed E-state index contributed by atoms with van der Waals surface area (Å²) in [5.74, 6) is 0.464. The van der Waals surface area contributed by atoms with E-state index in [0.29, 0.717) is 16.6 Å². The summed E-state index contributed by atoms with van der Waals surface area (Å²) in [6.07, 6.45) is 1.46. The second kappa shape index (κ2) is 4.70. The maximum Gasteiger partial charge on any atom is 0.226 e. The van der Waals surface area contributed by atoms with Gasteiger partial charge in [-0.05, 0) is 23.7 Å². The highest BCUT2D eigenvalue weighted by Gasteiger charge is 2.06. The fourth-order valence-corrected chi connectivity index (χ4v) is 1.43. The van der Waals surface area contributed by atoms with E-state index in [1.807, 2.05) is 12.1 Å². The van der Waals surface area contributed by atoms with Crippen molar-refractivity contribution in [1.82, 2.24) is 4.98 Å². The largest absolute Gasteiger partial charge is 0.444 e. The lowest BCUT2D eigenvalue weighted by atomic mass is 10.2. The Kier molecular flexibility index (Phi) is 3.10. The van der Waals surface area contributed by atoms with Crippen LogP contribution in [0.5, 0.6) is 0 Å². The van der Waals surface area contributed by atoms with Gasteiger partial charge in [-0.15, -0.1) is 0 Å². The summed E-state index contributed by atoms with van der Waals surface area (Å²) in [6.45, 7) is 0.181. The molecule has 0 aliphatic rings. The van der Waals surface area contributed by atoms with E-state index < -0.39 is 0 Å². The highest BCUT2D eigenvalue weighted by Crippen LogP contribution is 2.22. The van der Waals surface area contributed by atoms with Crippen LogP contribution >= 0.6 is 11.6 Å². The Morgan fingerprint density at radius 2 is 2.38 bits per heavy atom. The predicted molar refractivity (Wildman–Crippen MR) is 59.8 cm³/mol. The number of oxazole rings is 1. The van der Waals surface area contributed by atoms with Crippen molar-refractivity contribution in [2.24, 2.45) is 5.11 Å². The lowest BCUT2D eigenvalue weighted by Gasteiger charge is -1.94. The molecule has 16 heavy (non-hydrogen) atoms. The summed E-state index contributed by atoms with van der Waals surface area (Å²) in [7, 11) is 0. The Morgan fingerprint density at radius 3 is 3.12 bits per heavy atom. The van der Waals surface area contributed by atoms with E-state index in [1.54, 1.807) is 12.1 Å². The minimum Gasteiger partial charge on any atom is -0.444 e. The van der Waals surface area contributed by atoms with E-state index in [-0.39, 0.29) is 6.54 Å². The monoisotopic (exact) mass is 234 g/mol. The molecule has 2 aromatic rings. The predicted octanol–water partition coefficient (Wildman–Crippen LogP) is 3.81. The van der Waals surface area contributed by atoms with Crippen molar-refractivity contribution in [3.05, 3.63) is 51.7 Å². The average Bonchev–Trinajstić information content (AvgIpc) is 2.75. The Bertz CT molecular complexity index is 545. The summed E-state index contributed by atoms with van der Waals surface area (Å²) >= 11 is 5.85. The molecule has 0 atom stereocenters. The molecule has 1 aromatic carbocycles. The van der Waals surface area contributed by atoms with Crippen molar-refractivity contribution in [2.75, 3.05) is 0 Å². The molecule has 2 rings (SSSR count). The highest BCUT2D eigenvalue weighted by atomic mass is 35.5. The molecule has 0 saturated carbocycles. The molecule has 6 heteroatoms. The van der Waals surface area contributed by atoms with Crippen molar-refractivity contribution < 1.29 is 4.42 Å². The molecule has 1 heterocycles. The molecule has 0 radical (unpaired) electrons. The zero-order valence-electron chi connectivity index (χ0n) is 8.17. The van der Waals surface area contributed by atoms with Crippen LogP contribution in [0.15, 0.2) is 40.1 Å². The second-order valence-electron chi connectivity index (χ2n) is 3.04. The van der Waals surface area contributed by atoms with E-state index in [2.05, 4.69) is 15.0 Å². The van der Waals surface area contributed by atoms with Crippen LogP contribution in [0.3, 0.4) is 0 Å². The zero-order chi connectivity index (χ0) is 11.4. The van der Waals surface area contributed by atoms with Gasteiger partial charge in [0.1, 0.15) is 6.26 Å². The topological polar surface area (TPSA) is 74.8 Å². The molecule has 0 aliphatic carbocycles. The van der Waals surface area contributed by atoms with E-state index in [4.69, 9.17) is 21.5 Å². The molecule has 0 saturated heterocycles.